The van der Waals surface area contributed by atoms with Gasteiger partial charge in [-0.15, -0.1) is 0 Å². The van der Waals surface area contributed by atoms with Gasteiger partial charge in [0.15, 0.2) is 23.2 Å². The molecule has 1 aliphatic rings. The van der Waals surface area contributed by atoms with Gasteiger partial charge in [-0.1, -0.05) is 36.1 Å². The Morgan fingerprint density at radius 2 is 1.10 bits per heavy atom. The highest BCUT2D eigenvalue weighted by atomic mass is 16.1. The second-order valence-electron chi connectivity index (χ2n) is 6.49. The van der Waals surface area contributed by atoms with Gasteiger partial charge in [0.1, 0.15) is 0 Å². The van der Waals surface area contributed by atoms with E-state index in [1.54, 1.807) is 61.2 Å². The number of hydrogen-bond donors (Lipinski definition) is 2. The molecule has 2 aromatic heterocycles. The minimum Gasteiger partial charge on any atom is -0.338 e. The zero-order chi connectivity index (χ0) is 20.5. The number of carbonyl (C=O) groups excluding carboxylic acids is 2. The molecule has 6 heteroatoms. The molecule has 6 nitrogen and oxygen atoms in total. The topological polar surface area (TPSA) is 91.5 Å². The average molecular weight is 388 g/mol. The maximum Gasteiger partial charge on any atom is 0.195 e. The van der Waals surface area contributed by atoms with Crippen molar-refractivity contribution < 1.29 is 9.59 Å². The van der Waals surface area contributed by atoms with Crippen LogP contribution in [0.1, 0.15) is 54.6 Å². The minimum absolute atomic E-state index is 0.245. The van der Waals surface area contributed by atoms with Gasteiger partial charge >= 0.3 is 0 Å². The summed E-state index contributed by atoms with van der Waals surface area (Å²) in [4.78, 5) is 40.5. The summed E-state index contributed by atoms with van der Waals surface area (Å²) in [5.41, 5.74) is 2.24. The lowest BCUT2D eigenvalue weighted by molar-refractivity contribution is 0.0978. The van der Waals surface area contributed by atoms with E-state index in [9.17, 15) is 9.59 Å². The van der Waals surface area contributed by atoms with Crippen molar-refractivity contribution in [2.45, 2.75) is 0 Å². The standard InChI is InChI=1S/C24H12N4O2/c29-23-17-5-1-3-15(7-9-19-25-11-12-26-19)21(17)24(30)18-6-2-4-16(22(18)23)8-10-20-27-13-14-28-20/h1-6,11-14H,(H,25,26)(H,27,28). The molecule has 0 saturated heterocycles. The fourth-order valence-electron chi connectivity index (χ4n) is 3.37. The van der Waals surface area contributed by atoms with Gasteiger partial charge < -0.3 is 9.97 Å². The molecule has 0 aliphatic heterocycles. The molecule has 0 unspecified atom stereocenters. The number of carbonyl (C=O) groups is 2. The molecule has 4 aromatic rings. The third kappa shape index (κ3) is 2.90. The van der Waals surface area contributed by atoms with E-state index >= 15 is 0 Å². The van der Waals surface area contributed by atoms with E-state index < -0.39 is 0 Å². The van der Waals surface area contributed by atoms with Crippen molar-refractivity contribution in [3.63, 3.8) is 0 Å². The zero-order valence-electron chi connectivity index (χ0n) is 15.5. The summed E-state index contributed by atoms with van der Waals surface area (Å²) < 4.78 is 0. The van der Waals surface area contributed by atoms with Crippen molar-refractivity contribution in [3.05, 3.63) is 106 Å². The molecule has 0 amide bonds. The summed E-state index contributed by atoms with van der Waals surface area (Å²) in [5.74, 6) is 12.2. The van der Waals surface area contributed by atoms with Crippen LogP contribution in [0.3, 0.4) is 0 Å². The molecular weight excluding hydrogens is 376 g/mol. The molecule has 2 heterocycles. The summed E-state index contributed by atoms with van der Waals surface area (Å²) in [5, 5.41) is 0. The van der Waals surface area contributed by atoms with Crippen molar-refractivity contribution in [2.75, 3.05) is 0 Å². The minimum atomic E-state index is -0.245. The number of nitrogens with zero attached hydrogens (tertiary/aromatic N) is 2. The molecule has 1 aliphatic carbocycles. The number of rotatable bonds is 0. The molecule has 2 aromatic carbocycles. The van der Waals surface area contributed by atoms with Crippen LogP contribution in [0.4, 0.5) is 0 Å². The van der Waals surface area contributed by atoms with E-state index in [-0.39, 0.29) is 11.6 Å². The Labute approximate surface area is 171 Å². The highest BCUT2D eigenvalue weighted by Crippen LogP contribution is 2.31. The molecule has 2 N–H and O–H groups in total. The third-order valence-electron chi connectivity index (χ3n) is 4.70. The number of hydrogen-bond acceptors (Lipinski definition) is 4. The predicted octanol–water partition coefficient (Wildman–Crippen LogP) is 2.71. The predicted molar refractivity (Wildman–Crippen MR) is 109 cm³/mol. The first-order valence-electron chi connectivity index (χ1n) is 9.10. The fraction of sp³-hybridized carbons (Fsp3) is 0. The van der Waals surface area contributed by atoms with Crippen LogP contribution in [0, 0.1) is 23.7 Å². The highest BCUT2D eigenvalue weighted by Gasteiger charge is 2.32. The van der Waals surface area contributed by atoms with Crippen LogP contribution < -0.4 is 0 Å². The number of ketones is 2. The molecule has 0 fully saturated rings. The molecule has 0 bridgehead atoms. The maximum absolute atomic E-state index is 13.3. The summed E-state index contributed by atoms with van der Waals surface area (Å²) in [7, 11) is 0. The van der Waals surface area contributed by atoms with Crippen molar-refractivity contribution >= 4 is 11.6 Å². The number of H-pyrrole nitrogens is 2. The first-order chi connectivity index (χ1) is 14.7. The largest absolute Gasteiger partial charge is 0.338 e. The summed E-state index contributed by atoms with van der Waals surface area (Å²) in [6.45, 7) is 0. The quantitative estimate of drug-likeness (QED) is 0.399. The molecule has 0 saturated carbocycles. The Balaban J connectivity index is 1.63. The van der Waals surface area contributed by atoms with Gasteiger partial charge in [0.2, 0.25) is 0 Å². The lowest BCUT2D eigenvalue weighted by atomic mass is 9.80. The fourth-order valence-corrected chi connectivity index (χ4v) is 3.37. The zero-order valence-corrected chi connectivity index (χ0v) is 15.5. The normalized spacial score (nSPS) is 11.6. The Kier molecular flexibility index (Phi) is 4.09. The van der Waals surface area contributed by atoms with E-state index in [0.29, 0.717) is 45.0 Å². The van der Waals surface area contributed by atoms with Crippen LogP contribution in [0.15, 0.2) is 61.2 Å². The molecule has 30 heavy (non-hydrogen) atoms. The van der Waals surface area contributed by atoms with Crippen molar-refractivity contribution in [2.24, 2.45) is 0 Å². The van der Waals surface area contributed by atoms with E-state index in [2.05, 4.69) is 43.6 Å². The number of benzene rings is 2. The molecule has 0 atom stereocenters. The van der Waals surface area contributed by atoms with Gasteiger partial charge in [-0.2, -0.15) is 0 Å². The maximum atomic E-state index is 13.3. The lowest BCUT2D eigenvalue weighted by Gasteiger charge is -2.19. The lowest BCUT2D eigenvalue weighted by Crippen LogP contribution is -2.23. The third-order valence-corrected chi connectivity index (χ3v) is 4.70. The van der Waals surface area contributed by atoms with E-state index in [0.717, 1.165) is 0 Å². The molecule has 5 rings (SSSR count). The Hall–Kier alpha value is -4.68. The number of imidazole rings is 2. The summed E-state index contributed by atoms with van der Waals surface area (Å²) >= 11 is 0. The SMILES string of the molecule is O=C1c2cccc(C#Cc3ncc[nH]3)c2C(=O)c2cccc(C#Cc3ncc[nH]3)c21. The van der Waals surface area contributed by atoms with E-state index in [1.165, 1.54) is 0 Å². The van der Waals surface area contributed by atoms with E-state index in [1.807, 2.05) is 0 Å². The van der Waals surface area contributed by atoms with Crippen LogP contribution in [0.5, 0.6) is 0 Å². The second-order valence-corrected chi connectivity index (χ2v) is 6.49. The smallest absolute Gasteiger partial charge is 0.195 e. The molecule has 0 spiro atoms. The van der Waals surface area contributed by atoms with Gasteiger partial charge in [0.25, 0.3) is 0 Å². The van der Waals surface area contributed by atoms with Crippen LogP contribution in [-0.2, 0) is 0 Å². The highest BCUT2D eigenvalue weighted by molar-refractivity contribution is 6.29. The molecule has 140 valence electrons. The van der Waals surface area contributed by atoms with Gasteiger partial charge in [0, 0.05) is 58.2 Å². The Morgan fingerprint density at radius 3 is 1.50 bits per heavy atom. The van der Waals surface area contributed by atoms with Crippen LogP contribution in [0.2, 0.25) is 0 Å². The van der Waals surface area contributed by atoms with Crippen LogP contribution >= 0.6 is 0 Å². The van der Waals surface area contributed by atoms with Crippen LogP contribution in [0.25, 0.3) is 0 Å². The first kappa shape index (κ1) is 17.4. The van der Waals surface area contributed by atoms with E-state index in [4.69, 9.17) is 0 Å². The van der Waals surface area contributed by atoms with Crippen molar-refractivity contribution in [1.82, 2.24) is 19.9 Å². The molecular formula is C24H12N4O2. The van der Waals surface area contributed by atoms with Gasteiger partial charge in [0.05, 0.1) is 0 Å². The second kappa shape index (κ2) is 7.05. The number of aromatic nitrogens is 4. The Bertz CT molecular complexity index is 1310. The Morgan fingerprint density at radius 1 is 0.633 bits per heavy atom. The number of fused-ring (bicyclic) bond motifs is 2. The summed E-state index contributed by atoms with van der Waals surface area (Å²) in [6.07, 6.45) is 6.53. The monoisotopic (exact) mass is 388 g/mol. The first-order valence-corrected chi connectivity index (χ1v) is 9.10. The molecule has 0 radical (unpaired) electrons. The van der Waals surface area contributed by atoms with Crippen LogP contribution in [-0.4, -0.2) is 31.5 Å². The number of nitrogens with one attached hydrogen (secondary N) is 2. The van der Waals surface area contributed by atoms with Crippen molar-refractivity contribution in [1.29, 1.82) is 0 Å². The van der Waals surface area contributed by atoms with Gasteiger partial charge in [-0.25, -0.2) is 9.97 Å². The average Bonchev–Trinajstić information content (AvgIpc) is 3.48. The summed E-state index contributed by atoms with van der Waals surface area (Å²) in [6, 6.07) is 10.2. The van der Waals surface area contributed by atoms with Crippen molar-refractivity contribution in [3.8, 4) is 23.7 Å². The van der Waals surface area contributed by atoms with Gasteiger partial charge in [-0.05, 0) is 24.0 Å². The van der Waals surface area contributed by atoms with Gasteiger partial charge in [-0.3, -0.25) is 9.59 Å². The number of aromatic amines is 2.